The lowest BCUT2D eigenvalue weighted by molar-refractivity contribution is -0.128. The third kappa shape index (κ3) is 6.92. The first kappa shape index (κ1) is 32.2. The highest BCUT2D eigenvalue weighted by Crippen LogP contribution is 2.34. The monoisotopic (exact) mass is 641 g/mol. The van der Waals surface area contributed by atoms with E-state index in [1.54, 1.807) is 4.68 Å². The Morgan fingerprint density at radius 2 is 1.33 bits per heavy atom. The normalized spacial score (nSPS) is 19.8. The molecule has 48 heavy (non-hydrogen) atoms. The van der Waals surface area contributed by atoms with Crippen molar-refractivity contribution in [3.63, 3.8) is 0 Å². The lowest BCUT2D eigenvalue weighted by Crippen LogP contribution is -2.28. The zero-order valence-corrected chi connectivity index (χ0v) is 28.1. The van der Waals surface area contributed by atoms with Crippen molar-refractivity contribution in [3.8, 4) is 11.3 Å². The van der Waals surface area contributed by atoms with Crippen LogP contribution in [-0.2, 0) is 35.4 Å². The van der Waals surface area contributed by atoms with E-state index < -0.39 is 0 Å². The van der Waals surface area contributed by atoms with Crippen LogP contribution in [0.25, 0.3) is 11.3 Å². The van der Waals surface area contributed by atoms with Crippen molar-refractivity contribution < 1.29 is 9.59 Å². The number of carbonyl (C=O) groups excluding carboxylic acids is 2. The summed E-state index contributed by atoms with van der Waals surface area (Å²) in [5, 5.41) is 20.3. The second-order valence-electron chi connectivity index (χ2n) is 14.1. The molecule has 0 atom stereocenters. The highest BCUT2D eigenvalue weighted by atomic mass is 16.1. The van der Waals surface area contributed by atoms with Crippen LogP contribution in [0.3, 0.4) is 0 Å². The van der Waals surface area contributed by atoms with Crippen molar-refractivity contribution >= 4 is 17.3 Å². The van der Waals surface area contributed by atoms with Crippen LogP contribution in [0.2, 0.25) is 0 Å². The van der Waals surface area contributed by atoms with E-state index in [-0.39, 0.29) is 11.8 Å². The van der Waals surface area contributed by atoms with E-state index >= 15 is 0 Å². The number of unbranched alkanes of at least 4 members (excludes halogenated alkanes) is 2. The molecule has 1 fully saturated rings. The Hall–Kier alpha value is -4.39. The average molecular weight is 642 g/mol. The molecule has 2 aromatic carbocycles. The molecule has 7 heteroatoms. The summed E-state index contributed by atoms with van der Waals surface area (Å²) in [6.45, 7) is 5.66. The molecule has 1 aliphatic heterocycles. The quantitative estimate of drug-likeness (QED) is 0.207. The first-order valence-electron chi connectivity index (χ1n) is 18.1. The molecule has 0 bridgehead atoms. The Balaban J connectivity index is 0.812. The second-order valence-corrected chi connectivity index (χ2v) is 14.1. The molecule has 1 N–H and O–H groups in total. The molecule has 7 nitrogen and oxygen atoms in total. The predicted octanol–water partition coefficient (Wildman–Crippen LogP) is 7.52. The number of rotatable bonds is 12. The van der Waals surface area contributed by atoms with Crippen molar-refractivity contribution in [2.24, 2.45) is 16.9 Å². The van der Waals surface area contributed by atoms with Gasteiger partial charge < -0.3 is 0 Å². The van der Waals surface area contributed by atoms with E-state index in [2.05, 4.69) is 61.2 Å². The van der Waals surface area contributed by atoms with Crippen LogP contribution in [0.15, 0.2) is 83.6 Å². The maximum absolute atomic E-state index is 13.1. The number of hydrogen-bond acceptors (Lipinski definition) is 6. The summed E-state index contributed by atoms with van der Waals surface area (Å²) >= 11 is 0. The van der Waals surface area contributed by atoms with Crippen molar-refractivity contribution in [3.05, 3.63) is 106 Å². The fraction of sp³-hybridized carbons (Fsp3) is 0.439. The van der Waals surface area contributed by atoms with Gasteiger partial charge in [0.25, 0.3) is 0 Å². The van der Waals surface area contributed by atoms with Crippen molar-refractivity contribution in [2.75, 3.05) is 6.54 Å². The summed E-state index contributed by atoms with van der Waals surface area (Å²) in [4.78, 5) is 26.1. The molecule has 248 valence electrons. The Bertz CT molecular complexity index is 1840. The van der Waals surface area contributed by atoms with Crippen LogP contribution in [-0.4, -0.2) is 38.6 Å². The predicted molar refractivity (Wildman–Crippen MR) is 189 cm³/mol. The van der Waals surface area contributed by atoms with Gasteiger partial charge in [0.1, 0.15) is 17.1 Å². The largest absolute Gasteiger partial charge is 0.299 e. The topological polar surface area (TPSA) is 91.4 Å². The minimum absolute atomic E-state index is 0.0823. The molecule has 0 saturated heterocycles. The summed E-state index contributed by atoms with van der Waals surface area (Å²) in [5.74, 6) is 0.872. The van der Waals surface area contributed by atoms with Gasteiger partial charge in [-0.2, -0.15) is 10.2 Å². The fourth-order valence-electron chi connectivity index (χ4n) is 8.08. The van der Waals surface area contributed by atoms with Gasteiger partial charge >= 0.3 is 0 Å². The van der Waals surface area contributed by atoms with E-state index in [4.69, 9.17) is 15.6 Å². The first-order valence-corrected chi connectivity index (χ1v) is 18.1. The standard InChI is InChI=1S/C41H47N5O2/c1-28-26-33-22-16-29-10-2-4-12-35(29)40(33)43-45(28)24-8-6-14-37(47)31-18-20-32(21-19-31)38(48)15-7-9-25-46-39(42)27-34-23-17-30-11-3-5-13-36(30)41(34)44-46/h2-5,10-13,26-27,31-32,42H,1,6-9,14-25H2. The van der Waals surface area contributed by atoms with Crippen LogP contribution >= 0.6 is 0 Å². The number of fused-ring (bicyclic) bond motifs is 6. The van der Waals surface area contributed by atoms with Gasteiger partial charge in [0.15, 0.2) is 0 Å². The highest BCUT2D eigenvalue weighted by molar-refractivity contribution is 6.15. The maximum atomic E-state index is 13.1. The van der Waals surface area contributed by atoms with E-state index in [0.29, 0.717) is 36.4 Å². The molecule has 1 aromatic heterocycles. The zero-order chi connectivity index (χ0) is 33.0. The first-order chi connectivity index (χ1) is 23.4. The number of nitrogens with zero attached hydrogens (tertiary/aromatic N) is 4. The van der Waals surface area contributed by atoms with Crippen LogP contribution in [0.5, 0.6) is 0 Å². The number of allylic oxidation sites excluding steroid dienone is 2. The fourth-order valence-corrected chi connectivity index (χ4v) is 8.08. The summed E-state index contributed by atoms with van der Waals surface area (Å²) in [6, 6.07) is 18.9. The van der Waals surface area contributed by atoms with Crippen molar-refractivity contribution in [1.29, 1.82) is 5.41 Å². The molecular formula is C41H47N5O2. The third-order valence-electron chi connectivity index (χ3n) is 10.9. The van der Waals surface area contributed by atoms with Crippen LogP contribution in [0.1, 0.15) is 92.9 Å². The molecule has 0 amide bonds. The Morgan fingerprint density at radius 1 is 0.750 bits per heavy atom. The van der Waals surface area contributed by atoms with Crippen molar-refractivity contribution in [2.45, 2.75) is 96.4 Å². The number of nitrogens with one attached hydrogen (secondary N) is 1. The van der Waals surface area contributed by atoms with Crippen LogP contribution in [0.4, 0.5) is 0 Å². The van der Waals surface area contributed by atoms with E-state index in [9.17, 15) is 9.59 Å². The van der Waals surface area contributed by atoms with Gasteiger partial charge in [-0.15, -0.1) is 0 Å². The molecular weight excluding hydrogens is 594 g/mol. The third-order valence-corrected chi connectivity index (χ3v) is 10.9. The molecule has 1 saturated carbocycles. The molecule has 0 unspecified atom stereocenters. The van der Waals surface area contributed by atoms with Crippen LogP contribution in [0, 0.1) is 17.2 Å². The molecule has 3 aromatic rings. The Kier molecular flexibility index (Phi) is 9.64. The molecule has 2 heterocycles. The van der Waals surface area contributed by atoms with Gasteiger partial charge in [-0.1, -0.05) is 55.1 Å². The van der Waals surface area contributed by atoms with Gasteiger partial charge in [0.05, 0.1) is 17.1 Å². The summed E-state index contributed by atoms with van der Waals surface area (Å²) in [5.41, 5.74) is 11.0. The minimum Gasteiger partial charge on any atom is -0.299 e. The van der Waals surface area contributed by atoms with Gasteiger partial charge in [-0.05, 0) is 111 Å². The lowest BCUT2D eigenvalue weighted by atomic mass is 9.77. The SMILES string of the molecule is C=C1C=C2CCc3ccccc3C2=NN1CCCCC(=O)C1CCC(C(=O)CCCCn2nc3c(cc2=N)CCc2ccccc2-3)CC1. The van der Waals surface area contributed by atoms with E-state index in [1.807, 2.05) is 11.1 Å². The molecule has 4 aliphatic rings. The summed E-state index contributed by atoms with van der Waals surface area (Å²) < 4.78 is 1.79. The number of hydrazone groups is 1. The van der Waals surface area contributed by atoms with Crippen LogP contribution < -0.4 is 5.49 Å². The van der Waals surface area contributed by atoms with E-state index in [1.165, 1.54) is 27.8 Å². The lowest BCUT2D eigenvalue weighted by Gasteiger charge is -2.30. The number of carbonyl (C=O) groups is 2. The van der Waals surface area contributed by atoms with Gasteiger partial charge in [-0.3, -0.25) is 20.0 Å². The Morgan fingerprint density at radius 3 is 2.04 bits per heavy atom. The highest BCUT2D eigenvalue weighted by Gasteiger charge is 2.29. The number of benzene rings is 2. The number of Topliss-reactive ketones (excluding diaryl/α,β-unsaturated/α-hetero) is 2. The van der Waals surface area contributed by atoms with Crippen molar-refractivity contribution in [1.82, 2.24) is 14.8 Å². The van der Waals surface area contributed by atoms with Gasteiger partial charge in [0, 0.05) is 48.9 Å². The molecule has 0 spiro atoms. The number of aromatic nitrogens is 2. The van der Waals surface area contributed by atoms with Gasteiger partial charge in [-0.25, -0.2) is 4.68 Å². The molecule has 3 aliphatic carbocycles. The average Bonchev–Trinajstić information content (AvgIpc) is 3.12. The minimum atomic E-state index is 0.0823. The zero-order valence-electron chi connectivity index (χ0n) is 28.1. The maximum Gasteiger partial charge on any atom is 0.141 e. The smallest absolute Gasteiger partial charge is 0.141 e. The molecule has 7 rings (SSSR count). The molecule has 0 radical (unpaired) electrons. The summed E-state index contributed by atoms with van der Waals surface area (Å²) in [7, 11) is 0. The van der Waals surface area contributed by atoms with E-state index in [0.717, 1.165) is 106 Å². The Labute approximate surface area is 284 Å². The number of aryl methyl sites for hydroxylation is 4. The number of ketones is 2. The van der Waals surface area contributed by atoms with Gasteiger partial charge in [0.2, 0.25) is 0 Å². The summed E-state index contributed by atoms with van der Waals surface area (Å²) in [6.07, 6.45) is 14.0. The number of hydrogen-bond donors (Lipinski definition) is 1. The second kappa shape index (κ2) is 14.4.